The van der Waals surface area contributed by atoms with Gasteiger partial charge in [0.2, 0.25) is 0 Å². The zero-order valence-corrected chi connectivity index (χ0v) is 9.88. The van der Waals surface area contributed by atoms with Crippen LogP contribution in [0.4, 0.5) is 0 Å². The van der Waals surface area contributed by atoms with E-state index in [0.29, 0.717) is 8.72 Å². The number of rotatable bonds is 0. The molecule has 0 atom stereocenters. The summed E-state index contributed by atoms with van der Waals surface area (Å²) in [5, 5.41) is 0.887. The van der Waals surface area contributed by atoms with Crippen molar-refractivity contribution in [3.63, 3.8) is 0 Å². The van der Waals surface area contributed by atoms with E-state index in [0.717, 1.165) is 0 Å². The van der Waals surface area contributed by atoms with Crippen LogP contribution in [-0.2, 0) is 0 Å². The molecule has 0 saturated carbocycles. The Balaban J connectivity index is 0.000001000. The standard InChI is InChI=1S/C5Cl3IN.Li/c6-2-1-3(7)5(9)10-4(2)8;/q-1;+1. The fourth-order valence-corrected chi connectivity index (χ4v) is 1.36. The van der Waals surface area contributed by atoms with E-state index in [4.69, 9.17) is 34.8 Å². The molecule has 1 rings (SSSR count). The van der Waals surface area contributed by atoms with Crippen molar-refractivity contribution in [1.82, 2.24) is 4.98 Å². The molecule has 1 aromatic heterocycles. The molecule has 0 N–H and O–H groups in total. The van der Waals surface area contributed by atoms with E-state index < -0.39 is 0 Å². The molecule has 1 heterocycles. The van der Waals surface area contributed by atoms with Gasteiger partial charge in [-0.15, -0.1) is 63.5 Å². The Kier molecular flexibility index (Phi) is 5.79. The second-order valence-corrected chi connectivity index (χ2v) is 3.58. The Bertz CT molecular complexity index is 218. The Morgan fingerprint density at radius 3 is 2.18 bits per heavy atom. The molecule has 0 bridgehead atoms. The van der Waals surface area contributed by atoms with Crippen molar-refractivity contribution in [2.24, 2.45) is 0 Å². The monoisotopic (exact) mass is 313 g/mol. The first kappa shape index (κ1) is 12.3. The van der Waals surface area contributed by atoms with Crippen LogP contribution in [-0.4, -0.2) is 4.98 Å². The van der Waals surface area contributed by atoms with Gasteiger partial charge in [0.25, 0.3) is 0 Å². The van der Waals surface area contributed by atoms with Gasteiger partial charge >= 0.3 is 18.9 Å². The van der Waals surface area contributed by atoms with Gasteiger partial charge in [-0.3, -0.25) is 0 Å². The third-order valence-electron chi connectivity index (χ3n) is 0.778. The maximum atomic E-state index is 5.62. The number of nitrogens with zero attached hydrogens (tertiary/aromatic N) is 1. The third kappa shape index (κ3) is 3.29. The summed E-state index contributed by atoms with van der Waals surface area (Å²) in [5.74, 6) is 0. The summed E-state index contributed by atoms with van der Waals surface area (Å²) in [7, 11) is 0. The fourth-order valence-electron chi connectivity index (χ4n) is 0.384. The average Bonchev–Trinajstić information content (AvgIpc) is 1.84. The number of pyridine rings is 1. The van der Waals surface area contributed by atoms with Crippen LogP contribution in [0.15, 0.2) is 0 Å². The number of hydrogen-bond donors (Lipinski definition) is 0. The summed E-state index contributed by atoms with van der Waals surface area (Å²) >= 11 is 18.7. The van der Waals surface area contributed by atoms with E-state index in [1.807, 2.05) is 22.6 Å². The minimum absolute atomic E-state index is 0. The smallest absolute Gasteiger partial charge is 0.355 e. The van der Waals surface area contributed by atoms with Gasteiger partial charge in [0, 0.05) is 8.85 Å². The quantitative estimate of drug-likeness (QED) is 0.293. The van der Waals surface area contributed by atoms with E-state index >= 15 is 0 Å². The van der Waals surface area contributed by atoms with Gasteiger partial charge in [-0.1, -0.05) is 0 Å². The normalized spacial score (nSPS) is 9.09. The van der Waals surface area contributed by atoms with Gasteiger partial charge in [-0.25, -0.2) is 0 Å². The second-order valence-electron chi connectivity index (χ2n) is 1.45. The molecule has 6 heteroatoms. The molecule has 11 heavy (non-hydrogen) atoms. The predicted octanol–water partition coefficient (Wildman–Crippen LogP) is 0.451. The molecule has 0 aliphatic carbocycles. The maximum Gasteiger partial charge on any atom is 1.00 e. The number of halogens is 4. The van der Waals surface area contributed by atoms with Crippen LogP contribution in [0.2, 0.25) is 15.2 Å². The van der Waals surface area contributed by atoms with Crippen molar-refractivity contribution < 1.29 is 18.9 Å². The first-order valence-electron chi connectivity index (χ1n) is 2.20. The van der Waals surface area contributed by atoms with Gasteiger partial charge in [-0.05, 0) is 10.0 Å². The Labute approximate surface area is 105 Å². The molecule has 0 saturated heterocycles. The minimum atomic E-state index is 0. The summed E-state index contributed by atoms with van der Waals surface area (Å²) in [5.41, 5.74) is 0. The summed E-state index contributed by atoms with van der Waals surface area (Å²) in [6.45, 7) is 0. The molecule has 0 radical (unpaired) electrons. The molecular formula is C5Cl3ILiN. The molecule has 0 unspecified atom stereocenters. The van der Waals surface area contributed by atoms with E-state index in [1.54, 1.807) is 0 Å². The second kappa shape index (κ2) is 5.16. The molecule has 0 aliphatic heterocycles. The van der Waals surface area contributed by atoms with Gasteiger partial charge in [-0.2, -0.15) is 0 Å². The molecule has 54 valence electrons. The van der Waals surface area contributed by atoms with E-state index in [2.05, 4.69) is 11.1 Å². The van der Waals surface area contributed by atoms with E-state index in [1.165, 1.54) is 0 Å². The third-order valence-corrected chi connectivity index (χ3v) is 2.79. The SMILES string of the molecule is Clc1[c-]c(Cl)c(I)nc1Cl.[Li+]. The van der Waals surface area contributed by atoms with E-state index in [9.17, 15) is 0 Å². The number of aromatic nitrogens is 1. The van der Waals surface area contributed by atoms with Crippen molar-refractivity contribution in [2.45, 2.75) is 0 Å². The molecule has 1 aromatic rings. The van der Waals surface area contributed by atoms with Crippen molar-refractivity contribution in [1.29, 1.82) is 0 Å². The Morgan fingerprint density at radius 2 is 1.73 bits per heavy atom. The molecule has 1 nitrogen and oxygen atoms in total. The van der Waals surface area contributed by atoms with Crippen molar-refractivity contribution in [3.05, 3.63) is 25.0 Å². The summed E-state index contributed by atoms with van der Waals surface area (Å²) in [4.78, 5) is 3.83. The largest absolute Gasteiger partial charge is 1.00 e. The summed E-state index contributed by atoms with van der Waals surface area (Å²) < 4.78 is 0.605. The maximum absolute atomic E-state index is 5.62. The first-order valence-corrected chi connectivity index (χ1v) is 4.42. The zero-order valence-electron chi connectivity index (χ0n) is 5.46. The van der Waals surface area contributed by atoms with Crippen LogP contribution < -0.4 is 18.9 Å². The molecule has 0 fully saturated rings. The van der Waals surface area contributed by atoms with Gasteiger partial charge < -0.3 is 4.98 Å². The van der Waals surface area contributed by atoms with Crippen LogP contribution in [0.3, 0.4) is 0 Å². The average molecular weight is 314 g/mol. The van der Waals surface area contributed by atoms with Crippen LogP contribution in [0.25, 0.3) is 0 Å². The molecular weight excluding hydrogens is 314 g/mol. The van der Waals surface area contributed by atoms with Crippen molar-refractivity contribution >= 4 is 57.4 Å². The van der Waals surface area contributed by atoms with Gasteiger partial charge in [0.1, 0.15) is 0 Å². The van der Waals surface area contributed by atoms with Crippen LogP contribution >= 0.6 is 57.4 Å². The zero-order chi connectivity index (χ0) is 7.72. The Hall–Kier alpha value is 1.35. The van der Waals surface area contributed by atoms with Crippen molar-refractivity contribution in [2.75, 3.05) is 0 Å². The van der Waals surface area contributed by atoms with Crippen molar-refractivity contribution in [3.8, 4) is 0 Å². The minimum Gasteiger partial charge on any atom is -0.355 e. The molecule has 0 aliphatic rings. The molecule has 0 spiro atoms. The topological polar surface area (TPSA) is 12.9 Å². The predicted molar refractivity (Wildman–Crippen MR) is 50.8 cm³/mol. The number of hydrogen-bond acceptors (Lipinski definition) is 1. The van der Waals surface area contributed by atoms with Crippen LogP contribution in [0.1, 0.15) is 0 Å². The van der Waals surface area contributed by atoms with Crippen LogP contribution in [0, 0.1) is 9.77 Å². The molecule has 0 aromatic carbocycles. The fraction of sp³-hybridized carbons (Fsp3) is 0. The Morgan fingerprint density at radius 1 is 1.18 bits per heavy atom. The van der Waals surface area contributed by atoms with Gasteiger partial charge in [0.15, 0.2) is 0 Å². The van der Waals surface area contributed by atoms with Gasteiger partial charge in [0.05, 0.1) is 0 Å². The van der Waals surface area contributed by atoms with E-state index in [-0.39, 0.29) is 29.0 Å². The van der Waals surface area contributed by atoms with Crippen LogP contribution in [0.5, 0.6) is 0 Å². The first-order chi connectivity index (χ1) is 4.61. The summed E-state index contributed by atoms with van der Waals surface area (Å²) in [6.07, 6.45) is 0. The molecule has 0 amide bonds. The summed E-state index contributed by atoms with van der Waals surface area (Å²) in [6, 6.07) is 2.64.